The molecule has 0 saturated heterocycles. The van der Waals surface area contributed by atoms with Crippen LogP contribution in [0.15, 0.2) is 11.6 Å². The molecule has 0 radical (unpaired) electrons. The predicted octanol–water partition coefficient (Wildman–Crippen LogP) is 3.60. The highest BCUT2D eigenvalue weighted by molar-refractivity contribution is 5.66. The topological polar surface area (TPSA) is 127 Å². The molecular formula is C32H52O7. The Bertz CT molecular complexity index is 1040. The Balaban J connectivity index is 1.66. The van der Waals surface area contributed by atoms with Crippen molar-refractivity contribution in [3.63, 3.8) is 0 Å². The van der Waals surface area contributed by atoms with Gasteiger partial charge in [0, 0.05) is 12.3 Å². The zero-order valence-corrected chi connectivity index (χ0v) is 25.0. The molecule has 0 aromatic carbocycles. The number of hydrogen-bond donors (Lipinski definition) is 5. The molecule has 12 atom stereocenters. The number of esters is 1. The molecule has 0 amide bonds. The van der Waals surface area contributed by atoms with Crippen LogP contribution in [-0.2, 0) is 9.53 Å². The smallest absolute Gasteiger partial charge is 0.302 e. The van der Waals surface area contributed by atoms with E-state index in [0.717, 1.165) is 25.7 Å². The Morgan fingerprint density at radius 1 is 0.923 bits per heavy atom. The highest BCUT2D eigenvalue weighted by Crippen LogP contribution is 2.75. The van der Waals surface area contributed by atoms with Gasteiger partial charge < -0.3 is 30.3 Å². The number of carbonyl (C=O) groups excluding carboxylic acids is 1. The van der Waals surface area contributed by atoms with Crippen LogP contribution in [0, 0.1) is 50.2 Å². The van der Waals surface area contributed by atoms with Crippen molar-refractivity contribution in [2.45, 2.75) is 118 Å². The van der Waals surface area contributed by atoms with Gasteiger partial charge in [-0.3, -0.25) is 4.79 Å². The predicted molar refractivity (Wildman–Crippen MR) is 147 cm³/mol. The van der Waals surface area contributed by atoms with Gasteiger partial charge in [0.25, 0.3) is 0 Å². The van der Waals surface area contributed by atoms with Gasteiger partial charge in [-0.1, -0.05) is 53.2 Å². The monoisotopic (exact) mass is 548 g/mol. The van der Waals surface area contributed by atoms with Crippen molar-refractivity contribution in [3.8, 4) is 0 Å². The molecule has 0 bridgehead atoms. The number of aliphatic hydroxyl groups is 5. The summed E-state index contributed by atoms with van der Waals surface area (Å²) in [6, 6.07) is 0. The molecule has 39 heavy (non-hydrogen) atoms. The van der Waals surface area contributed by atoms with Gasteiger partial charge in [0.2, 0.25) is 0 Å². The van der Waals surface area contributed by atoms with Crippen LogP contribution < -0.4 is 0 Å². The molecule has 7 heteroatoms. The number of fused-ring (bicyclic) bond motifs is 7. The van der Waals surface area contributed by atoms with Crippen molar-refractivity contribution in [3.05, 3.63) is 11.6 Å². The van der Waals surface area contributed by atoms with Crippen LogP contribution in [0.25, 0.3) is 0 Å². The van der Waals surface area contributed by atoms with Gasteiger partial charge in [0.1, 0.15) is 6.10 Å². The number of aliphatic hydroxyl groups excluding tert-OH is 5. The fraction of sp³-hybridized carbons (Fsp3) is 0.906. The summed E-state index contributed by atoms with van der Waals surface area (Å²) in [6.45, 7) is 14.0. The molecule has 0 aromatic rings. The van der Waals surface area contributed by atoms with Crippen molar-refractivity contribution in [2.75, 3.05) is 13.2 Å². The third kappa shape index (κ3) is 3.55. The van der Waals surface area contributed by atoms with E-state index in [-0.39, 0.29) is 41.3 Å². The van der Waals surface area contributed by atoms with Crippen molar-refractivity contribution < 1.29 is 35.1 Å². The third-order valence-corrected chi connectivity index (χ3v) is 13.8. The van der Waals surface area contributed by atoms with Crippen LogP contribution in [0.1, 0.15) is 93.4 Å². The maximum Gasteiger partial charge on any atom is 0.302 e. The lowest BCUT2D eigenvalue weighted by molar-refractivity contribution is -0.263. The van der Waals surface area contributed by atoms with Crippen LogP contribution in [-0.4, -0.2) is 69.1 Å². The number of hydrogen-bond acceptors (Lipinski definition) is 7. The Labute approximate surface area is 234 Å². The van der Waals surface area contributed by atoms with E-state index in [9.17, 15) is 30.3 Å². The largest absolute Gasteiger partial charge is 0.462 e. The highest BCUT2D eigenvalue weighted by Gasteiger charge is 2.73. The number of ether oxygens (including phenoxy) is 1. The van der Waals surface area contributed by atoms with Gasteiger partial charge in [-0.05, 0) is 84.4 Å². The molecule has 222 valence electrons. The average Bonchev–Trinajstić information content (AvgIpc) is 2.85. The summed E-state index contributed by atoms with van der Waals surface area (Å²) in [4.78, 5) is 12.5. The number of allylic oxidation sites excluding steroid dienone is 2. The maximum absolute atomic E-state index is 12.5. The molecule has 0 heterocycles. The van der Waals surface area contributed by atoms with Crippen molar-refractivity contribution in [1.82, 2.24) is 0 Å². The van der Waals surface area contributed by atoms with Crippen molar-refractivity contribution >= 4 is 5.97 Å². The minimum atomic E-state index is -1.23. The van der Waals surface area contributed by atoms with E-state index in [2.05, 4.69) is 33.8 Å². The molecule has 7 nitrogen and oxygen atoms in total. The molecule has 0 aliphatic heterocycles. The summed E-state index contributed by atoms with van der Waals surface area (Å²) in [6.07, 6.45) is 4.18. The first kappa shape index (κ1) is 29.5. The molecule has 12 unspecified atom stereocenters. The average molecular weight is 549 g/mol. The van der Waals surface area contributed by atoms with Crippen LogP contribution in [0.5, 0.6) is 0 Å². The van der Waals surface area contributed by atoms with Gasteiger partial charge in [-0.15, -0.1) is 0 Å². The van der Waals surface area contributed by atoms with Crippen molar-refractivity contribution in [1.29, 1.82) is 0 Å². The van der Waals surface area contributed by atoms with Crippen LogP contribution in [0.4, 0.5) is 0 Å². The van der Waals surface area contributed by atoms with E-state index in [0.29, 0.717) is 25.2 Å². The summed E-state index contributed by atoms with van der Waals surface area (Å²) in [5, 5.41) is 55.3. The lowest BCUT2D eigenvalue weighted by atomic mass is 9.33. The normalized spacial score (nSPS) is 54.4. The second kappa shape index (κ2) is 9.00. The van der Waals surface area contributed by atoms with Crippen LogP contribution >= 0.6 is 0 Å². The quantitative estimate of drug-likeness (QED) is 0.269. The third-order valence-electron chi connectivity index (χ3n) is 13.8. The first-order valence-corrected chi connectivity index (χ1v) is 15.1. The Morgan fingerprint density at radius 3 is 2.18 bits per heavy atom. The minimum Gasteiger partial charge on any atom is -0.462 e. The first-order valence-electron chi connectivity index (χ1n) is 15.1. The summed E-state index contributed by atoms with van der Waals surface area (Å²) in [7, 11) is 0. The summed E-state index contributed by atoms with van der Waals surface area (Å²) in [5.41, 5.74) is -1.61. The standard InChI is InChI=1S/C32H52O7/c1-18(35)39-24-15-31(7)19(20-14-27(2,3)25(37)26(38)32(20,24)17-34)8-9-22-28(4)12-11-23(36)29(5,16-33)21(28)10-13-30(22,31)6/h8,20-26,33-34,36-38H,9-17H2,1-7H3. The first-order chi connectivity index (χ1) is 18.0. The van der Waals surface area contributed by atoms with Crippen LogP contribution in [0.2, 0.25) is 0 Å². The maximum atomic E-state index is 12.5. The van der Waals surface area contributed by atoms with Gasteiger partial charge >= 0.3 is 5.97 Å². The fourth-order valence-electron chi connectivity index (χ4n) is 11.2. The van der Waals surface area contributed by atoms with E-state index in [1.54, 1.807) is 0 Å². The summed E-state index contributed by atoms with van der Waals surface area (Å²) < 4.78 is 6.01. The Kier molecular flexibility index (Phi) is 6.81. The Morgan fingerprint density at radius 2 is 1.59 bits per heavy atom. The fourth-order valence-corrected chi connectivity index (χ4v) is 11.2. The molecule has 5 N–H and O–H groups in total. The summed E-state index contributed by atoms with van der Waals surface area (Å²) in [5.74, 6) is -0.173. The molecule has 0 aromatic heterocycles. The lowest BCUT2D eigenvalue weighted by Gasteiger charge is -2.72. The van der Waals surface area contributed by atoms with E-state index in [4.69, 9.17) is 4.74 Å². The zero-order chi connectivity index (χ0) is 29.0. The second-order valence-corrected chi connectivity index (χ2v) is 15.7. The summed E-state index contributed by atoms with van der Waals surface area (Å²) >= 11 is 0. The molecule has 0 spiro atoms. The van der Waals surface area contributed by atoms with E-state index in [1.165, 1.54) is 12.5 Å². The van der Waals surface area contributed by atoms with E-state index >= 15 is 0 Å². The van der Waals surface area contributed by atoms with Gasteiger partial charge in [0.15, 0.2) is 0 Å². The molecule has 5 aliphatic carbocycles. The molecular weight excluding hydrogens is 496 g/mol. The van der Waals surface area contributed by atoms with E-state index < -0.39 is 46.6 Å². The number of rotatable bonds is 3. The minimum absolute atomic E-state index is 0.0267. The zero-order valence-electron chi connectivity index (χ0n) is 25.0. The van der Waals surface area contributed by atoms with Gasteiger partial charge in [-0.25, -0.2) is 0 Å². The highest BCUT2D eigenvalue weighted by atomic mass is 16.5. The van der Waals surface area contributed by atoms with Crippen LogP contribution in [0.3, 0.4) is 0 Å². The number of carbonyl (C=O) groups is 1. The van der Waals surface area contributed by atoms with E-state index in [1.807, 2.05) is 13.8 Å². The lowest BCUT2D eigenvalue weighted by Crippen LogP contribution is -2.72. The van der Waals surface area contributed by atoms with Gasteiger partial charge in [-0.2, -0.15) is 0 Å². The van der Waals surface area contributed by atoms with Crippen molar-refractivity contribution in [2.24, 2.45) is 50.2 Å². The molecule has 4 saturated carbocycles. The van der Waals surface area contributed by atoms with Gasteiger partial charge in [0.05, 0.1) is 36.9 Å². The molecule has 4 fully saturated rings. The SMILES string of the molecule is CC(=O)OC1CC2(C)C(=CCC3C4(C)CCC(O)C(C)(CO)C4CCC32C)C2CC(C)(C)C(O)C(O)C12CO. The second-order valence-electron chi connectivity index (χ2n) is 15.7. The molecule has 5 aliphatic rings. The molecule has 5 rings (SSSR count). The Hall–Kier alpha value is -0.990.